The molecular formula is C14H20F2N2. The zero-order chi connectivity index (χ0) is 13.0. The predicted octanol–water partition coefficient (Wildman–Crippen LogP) is 2.71. The summed E-state index contributed by atoms with van der Waals surface area (Å²) in [7, 11) is 0. The summed E-state index contributed by atoms with van der Waals surface area (Å²) in [4.78, 5) is 2.31. The minimum Gasteiger partial charge on any atom is -0.314 e. The summed E-state index contributed by atoms with van der Waals surface area (Å²) in [6.07, 6.45) is 1.94. The summed E-state index contributed by atoms with van der Waals surface area (Å²) >= 11 is 0. The third kappa shape index (κ3) is 3.27. The fourth-order valence-electron chi connectivity index (χ4n) is 2.59. The number of rotatable bonds is 4. The highest BCUT2D eigenvalue weighted by molar-refractivity contribution is 5.21. The van der Waals surface area contributed by atoms with Gasteiger partial charge in [0.2, 0.25) is 0 Å². The summed E-state index contributed by atoms with van der Waals surface area (Å²) in [5.74, 6) is -0.970. The van der Waals surface area contributed by atoms with E-state index in [1.807, 2.05) is 0 Å². The van der Waals surface area contributed by atoms with Crippen molar-refractivity contribution in [2.24, 2.45) is 0 Å². The topological polar surface area (TPSA) is 15.3 Å². The third-order valence-corrected chi connectivity index (χ3v) is 3.42. The Kier molecular flexibility index (Phi) is 4.66. The molecule has 100 valence electrons. The van der Waals surface area contributed by atoms with Crippen molar-refractivity contribution in [3.05, 3.63) is 35.4 Å². The van der Waals surface area contributed by atoms with Crippen LogP contribution in [0.4, 0.5) is 8.78 Å². The van der Waals surface area contributed by atoms with E-state index in [1.54, 1.807) is 0 Å². The molecule has 1 atom stereocenters. The van der Waals surface area contributed by atoms with Gasteiger partial charge in [-0.05, 0) is 24.1 Å². The number of hydrogen-bond donors (Lipinski definition) is 1. The van der Waals surface area contributed by atoms with E-state index >= 15 is 0 Å². The molecule has 2 nitrogen and oxygen atoms in total. The Bertz CT molecular complexity index is 369. The Morgan fingerprint density at radius 3 is 2.33 bits per heavy atom. The van der Waals surface area contributed by atoms with E-state index in [4.69, 9.17) is 0 Å². The van der Waals surface area contributed by atoms with Crippen molar-refractivity contribution in [3.8, 4) is 0 Å². The lowest BCUT2D eigenvalue weighted by atomic mass is 9.99. The third-order valence-electron chi connectivity index (χ3n) is 3.42. The SMILES string of the molecule is CCC[C@@H](c1cc(F)cc(F)c1)N1CCNCC1. The number of benzene rings is 1. The molecule has 1 aliphatic rings. The zero-order valence-corrected chi connectivity index (χ0v) is 10.8. The largest absolute Gasteiger partial charge is 0.314 e. The van der Waals surface area contributed by atoms with Gasteiger partial charge in [-0.25, -0.2) is 8.78 Å². The summed E-state index contributed by atoms with van der Waals surface area (Å²) in [5, 5.41) is 3.30. The lowest BCUT2D eigenvalue weighted by Gasteiger charge is -2.35. The summed E-state index contributed by atoms with van der Waals surface area (Å²) in [6, 6.07) is 3.99. The van der Waals surface area contributed by atoms with Gasteiger partial charge in [0.25, 0.3) is 0 Å². The van der Waals surface area contributed by atoms with Gasteiger partial charge in [-0.2, -0.15) is 0 Å². The van der Waals surface area contributed by atoms with Gasteiger partial charge in [-0.15, -0.1) is 0 Å². The van der Waals surface area contributed by atoms with Crippen molar-refractivity contribution in [1.29, 1.82) is 0 Å². The molecule has 0 aromatic heterocycles. The van der Waals surface area contributed by atoms with Crippen LogP contribution in [0, 0.1) is 11.6 Å². The molecular weight excluding hydrogens is 234 g/mol. The molecule has 1 aromatic rings. The number of nitrogens with zero attached hydrogens (tertiary/aromatic N) is 1. The first-order valence-corrected chi connectivity index (χ1v) is 6.61. The molecule has 0 amide bonds. The number of halogens is 2. The van der Waals surface area contributed by atoms with E-state index in [-0.39, 0.29) is 6.04 Å². The molecule has 1 aliphatic heterocycles. The number of hydrogen-bond acceptors (Lipinski definition) is 2. The zero-order valence-electron chi connectivity index (χ0n) is 10.8. The van der Waals surface area contributed by atoms with Crippen LogP contribution >= 0.6 is 0 Å². The van der Waals surface area contributed by atoms with E-state index < -0.39 is 11.6 Å². The first-order chi connectivity index (χ1) is 8.70. The lowest BCUT2D eigenvalue weighted by molar-refractivity contribution is 0.164. The van der Waals surface area contributed by atoms with Crippen LogP contribution in [-0.2, 0) is 0 Å². The van der Waals surface area contributed by atoms with E-state index in [0.29, 0.717) is 0 Å². The van der Waals surface area contributed by atoms with E-state index in [1.165, 1.54) is 12.1 Å². The minimum atomic E-state index is -0.485. The van der Waals surface area contributed by atoms with Gasteiger partial charge < -0.3 is 5.32 Å². The van der Waals surface area contributed by atoms with Crippen LogP contribution in [0.1, 0.15) is 31.4 Å². The Hall–Kier alpha value is -1.00. The van der Waals surface area contributed by atoms with Gasteiger partial charge in [0.05, 0.1) is 0 Å². The fraction of sp³-hybridized carbons (Fsp3) is 0.571. The first-order valence-electron chi connectivity index (χ1n) is 6.61. The minimum absolute atomic E-state index is 0.127. The molecule has 1 aromatic carbocycles. The highest BCUT2D eigenvalue weighted by Gasteiger charge is 2.22. The van der Waals surface area contributed by atoms with Gasteiger partial charge >= 0.3 is 0 Å². The lowest BCUT2D eigenvalue weighted by Crippen LogP contribution is -2.45. The van der Waals surface area contributed by atoms with Gasteiger partial charge in [0, 0.05) is 38.3 Å². The molecule has 1 heterocycles. The first kappa shape index (κ1) is 13.4. The monoisotopic (exact) mass is 254 g/mol. The Morgan fingerprint density at radius 2 is 1.78 bits per heavy atom. The molecule has 0 saturated carbocycles. The highest BCUT2D eigenvalue weighted by Crippen LogP contribution is 2.27. The maximum Gasteiger partial charge on any atom is 0.126 e. The highest BCUT2D eigenvalue weighted by atomic mass is 19.1. The van der Waals surface area contributed by atoms with Crippen LogP contribution < -0.4 is 5.32 Å². The second-order valence-electron chi connectivity index (χ2n) is 4.79. The Morgan fingerprint density at radius 1 is 1.17 bits per heavy atom. The molecule has 0 unspecified atom stereocenters. The maximum atomic E-state index is 13.3. The predicted molar refractivity (Wildman–Crippen MR) is 68.4 cm³/mol. The van der Waals surface area contributed by atoms with E-state index in [2.05, 4.69) is 17.1 Å². The molecule has 1 fully saturated rings. The molecule has 4 heteroatoms. The quantitative estimate of drug-likeness (QED) is 0.888. The van der Waals surface area contributed by atoms with Crippen LogP contribution in [0.15, 0.2) is 18.2 Å². The van der Waals surface area contributed by atoms with E-state index in [9.17, 15) is 8.78 Å². The van der Waals surface area contributed by atoms with Gasteiger partial charge in [0.1, 0.15) is 11.6 Å². The van der Waals surface area contributed by atoms with Gasteiger partial charge in [0.15, 0.2) is 0 Å². The molecule has 1 N–H and O–H groups in total. The fourth-order valence-corrected chi connectivity index (χ4v) is 2.59. The molecule has 18 heavy (non-hydrogen) atoms. The smallest absolute Gasteiger partial charge is 0.126 e. The van der Waals surface area contributed by atoms with Gasteiger partial charge in [-0.3, -0.25) is 4.90 Å². The molecule has 0 radical (unpaired) electrons. The second-order valence-corrected chi connectivity index (χ2v) is 4.79. The van der Waals surface area contributed by atoms with Crippen LogP contribution in [0.3, 0.4) is 0 Å². The number of piperazine rings is 1. The van der Waals surface area contributed by atoms with E-state index in [0.717, 1.165) is 50.7 Å². The average molecular weight is 254 g/mol. The van der Waals surface area contributed by atoms with Crippen molar-refractivity contribution in [1.82, 2.24) is 10.2 Å². The Labute approximate surface area is 107 Å². The van der Waals surface area contributed by atoms with Crippen molar-refractivity contribution in [2.75, 3.05) is 26.2 Å². The summed E-state index contributed by atoms with van der Waals surface area (Å²) in [5.41, 5.74) is 0.760. The van der Waals surface area contributed by atoms with Crippen molar-refractivity contribution >= 4 is 0 Å². The number of nitrogens with one attached hydrogen (secondary N) is 1. The standard InChI is InChI=1S/C14H20F2N2/c1-2-3-14(18-6-4-17-5-7-18)11-8-12(15)10-13(16)9-11/h8-10,14,17H,2-7H2,1H3/t14-/m0/s1. The van der Waals surface area contributed by atoms with Gasteiger partial charge in [-0.1, -0.05) is 13.3 Å². The normalized spacial score (nSPS) is 18.8. The van der Waals surface area contributed by atoms with Crippen LogP contribution in [0.5, 0.6) is 0 Å². The molecule has 2 rings (SSSR count). The Balaban J connectivity index is 2.22. The summed E-state index contributed by atoms with van der Waals surface area (Å²) in [6.45, 7) is 5.85. The average Bonchev–Trinajstić information content (AvgIpc) is 2.36. The van der Waals surface area contributed by atoms with Crippen LogP contribution in [0.25, 0.3) is 0 Å². The van der Waals surface area contributed by atoms with Crippen molar-refractivity contribution < 1.29 is 8.78 Å². The molecule has 0 bridgehead atoms. The molecule has 0 spiro atoms. The van der Waals surface area contributed by atoms with Crippen molar-refractivity contribution in [3.63, 3.8) is 0 Å². The molecule has 1 saturated heterocycles. The van der Waals surface area contributed by atoms with Crippen LogP contribution in [0.2, 0.25) is 0 Å². The van der Waals surface area contributed by atoms with Crippen LogP contribution in [-0.4, -0.2) is 31.1 Å². The van der Waals surface area contributed by atoms with Crippen molar-refractivity contribution in [2.45, 2.75) is 25.8 Å². The second kappa shape index (κ2) is 6.25. The summed E-state index contributed by atoms with van der Waals surface area (Å²) < 4.78 is 26.6. The molecule has 0 aliphatic carbocycles. The maximum absolute atomic E-state index is 13.3.